The van der Waals surface area contributed by atoms with E-state index in [1.165, 1.54) is 11.3 Å². The van der Waals surface area contributed by atoms with Crippen LogP contribution >= 0.6 is 27.3 Å². The molecule has 1 aromatic carbocycles. The molecule has 2 heterocycles. The Kier molecular flexibility index (Phi) is 3.52. The first-order valence-electron chi connectivity index (χ1n) is 5.57. The van der Waals surface area contributed by atoms with E-state index in [9.17, 15) is 0 Å². The number of nitrogens with zero attached hydrogens (tertiary/aromatic N) is 3. The van der Waals surface area contributed by atoms with Crippen molar-refractivity contribution >= 4 is 38.3 Å². The van der Waals surface area contributed by atoms with Crippen LogP contribution in [0.1, 0.15) is 0 Å². The van der Waals surface area contributed by atoms with E-state index in [0.29, 0.717) is 5.95 Å². The first-order valence-corrected chi connectivity index (χ1v) is 7.24. The Hall–Kier alpha value is -1.79. The molecule has 94 valence electrons. The van der Waals surface area contributed by atoms with Gasteiger partial charge in [0.2, 0.25) is 5.95 Å². The second kappa shape index (κ2) is 5.46. The van der Waals surface area contributed by atoms with Crippen molar-refractivity contribution in [2.24, 2.45) is 0 Å². The fourth-order valence-corrected chi connectivity index (χ4v) is 2.52. The molecule has 0 atom stereocenters. The van der Waals surface area contributed by atoms with E-state index >= 15 is 0 Å². The Labute approximate surface area is 122 Å². The van der Waals surface area contributed by atoms with Crippen LogP contribution in [-0.2, 0) is 0 Å². The third kappa shape index (κ3) is 2.97. The van der Waals surface area contributed by atoms with Gasteiger partial charge < -0.3 is 5.32 Å². The highest BCUT2D eigenvalue weighted by molar-refractivity contribution is 9.10. The highest BCUT2D eigenvalue weighted by Gasteiger charge is 2.05. The molecule has 4 nitrogen and oxygen atoms in total. The van der Waals surface area contributed by atoms with E-state index < -0.39 is 0 Å². The number of hydrogen-bond donors (Lipinski definition) is 1. The summed E-state index contributed by atoms with van der Waals surface area (Å²) in [4.78, 5) is 12.7. The minimum atomic E-state index is 0.555. The molecule has 0 aliphatic rings. The zero-order valence-corrected chi connectivity index (χ0v) is 12.1. The molecule has 2 aromatic heterocycles. The minimum absolute atomic E-state index is 0.555. The highest BCUT2D eigenvalue weighted by Crippen LogP contribution is 2.27. The van der Waals surface area contributed by atoms with Gasteiger partial charge in [0.05, 0.1) is 5.69 Å². The van der Waals surface area contributed by atoms with Crippen molar-refractivity contribution in [2.45, 2.75) is 0 Å². The maximum atomic E-state index is 4.52. The molecule has 3 rings (SSSR count). The number of benzene rings is 1. The van der Waals surface area contributed by atoms with Gasteiger partial charge in [-0.25, -0.2) is 15.0 Å². The van der Waals surface area contributed by atoms with Crippen molar-refractivity contribution in [3.8, 4) is 11.3 Å². The lowest BCUT2D eigenvalue weighted by Gasteiger charge is -1.99. The standard InChI is InChI=1S/C13H9BrN4S/c14-10-4-2-9(3-5-10)11-8-19-13(17-11)18-12-15-6-1-7-16-12/h1-8H,(H,15,16,17,18). The maximum Gasteiger partial charge on any atom is 0.228 e. The molecule has 0 radical (unpaired) electrons. The van der Waals surface area contributed by atoms with E-state index in [1.54, 1.807) is 18.5 Å². The Morgan fingerprint density at radius 1 is 1.05 bits per heavy atom. The molecule has 6 heteroatoms. The summed E-state index contributed by atoms with van der Waals surface area (Å²) < 4.78 is 1.06. The van der Waals surface area contributed by atoms with Gasteiger partial charge in [0.25, 0.3) is 0 Å². The molecule has 0 saturated carbocycles. The normalized spacial score (nSPS) is 10.4. The van der Waals surface area contributed by atoms with E-state index in [-0.39, 0.29) is 0 Å². The molecule has 0 saturated heterocycles. The quantitative estimate of drug-likeness (QED) is 0.784. The first-order chi connectivity index (χ1) is 9.31. The number of anilines is 2. The summed E-state index contributed by atoms with van der Waals surface area (Å²) >= 11 is 4.95. The SMILES string of the molecule is Brc1ccc(-c2csc(Nc3ncccn3)n2)cc1. The zero-order valence-electron chi connectivity index (χ0n) is 9.75. The molecule has 0 fully saturated rings. The lowest BCUT2D eigenvalue weighted by atomic mass is 10.2. The number of rotatable bonds is 3. The van der Waals surface area contributed by atoms with Gasteiger partial charge in [-0.05, 0) is 18.2 Å². The van der Waals surface area contributed by atoms with Crippen molar-refractivity contribution in [1.29, 1.82) is 0 Å². The van der Waals surface area contributed by atoms with Crippen LogP contribution in [0.5, 0.6) is 0 Å². The summed E-state index contributed by atoms with van der Waals surface area (Å²) in [5.74, 6) is 0.555. The second-order valence-electron chi connectivity index (χ2n) is 3.74. The van der Waals surface area contributed by atoms with Gasteiger partial charge in [-0.2, -0.15) is 0 Å². The Bertz CT molecular complexity index is 667. The predicted molar refractivity (Wildman–Crippen MR) is 80.6 cm³/mol. The molecule has 3 aromatic rings. The van der Waals surface area contributed by atoms with Crippen LogP contribution < -0.4 is 5.32 Å². The van der Waals surface area contributed by atoms with Crippen molar-refractivity contribution in [1.82, 2.24) is 15.0 Å². The van der Waals surface area contributed by atoms with Gasteiger partial charge >= 0.3 is 0 Å². The van der Waals surface area contributed by atoms with Gasteiger partial charge in [0, 0.05) is 27.8 Å². The van der Waals surface area contributed by atoms with Gasteiger partial charge in [0.1, 0.15) is 0 Å². The average Bonchev–Trinajstić information content (AvgIpc) is 2.89. The molecule has 0 unspecified atom stereocenters. The number of halogens is 1. The molecular weight excluding hydrogens is 324 g/mol. The van der Waals surface area contributed by atoms with Crippen molar-refractivity contribution in [2.75, 3.05) is 5.32 Å². The number of aromatic nitrogens is 3. The second-order valence-corrected chi connectivity index (χ2v) is 5.52. The van der Waals surface area contributed by atoms with E-state index in [1.807, 2.05) is 29.6 Å². The monoisotopic (exact) mass is 332 g/mol. The third-order valence-corrected chi connectivity index (χ3v) is 3.72. The third-order valence-electron chi connectivity index (χ3n) is 2.43. The topological polar surface area (TPSA) is 50.7 Å². The fraction of sp³-hybridized carbons (Fsp3) is 0. The summed E-state index contributed by atoms with van der Waals surface area (Å²) in [5.41, 5.74) is 2.03. The fourth-order valence-electron chi connectivity index (χ4n) is 1.54. The Morgan fingerprint density at radius 3 is 2.53 bits per heavy atom. The molecule has 0 spiro atoms. The summed E-state index contributed by atoms with van der Waals surface area (Å²) in [6.07, 6.45) is 3.39. The molecule has 0 amide bonds. The maximum absolute atomic E-state index is 4.52. The lowest BCUT2D eigenvalue weighted by Crippen LogP contribution is -1.94. The van der Waals surface area contributed by atoms with Gasteiger partial charge in [-0.3, -0.25) is 0 Å². The molecular formula is C13H9BrN4S. The van der Waals surface area contributed by atoms with E-state index in [0.717, 1.165) is 20.9 Å². The van der Waals surface area contributed by atoms with E-state index in [4.69, 9.17) is 0 Å². The van der Waals surface area contributed by atoms with Crippen LogP contribution in [0.2, 0.25) is 0 Å². The molecule has 1 N–H and O–H groups in total. The van der Waals surface area contributed by atoms with Gasteiger partial charge in [0.15, 0.2) is 5.13 Å². The summed E-state index contributed by atoms with van der Waals surface area (Å²) in [6, 6.07) is 9.84. The number of hydrogen-bond acceptors (Lipinski definition) is 5. The Morgan fingerprint density at radius 2 is 1.79 bits per heavy atom. The highest BCUT2D eigenvalue weighted by atomic mass is 79.9. The van der Waals surface area contributed by atoms with Crippen LogP contribution in [0.3, 0.4) is 0 Å². The Balaban J connectivity index is 1.82. The van der Waals surface area contributed by atoms with E-state index in [2.05, 4.69) is 36.2 Å². The minimum Gasteiger partial charge on any atom is -0.300 e. The van der Waals surface area contributed by atoms with Crippen LogP contribution in [0.4, 0.5) is 11.1 Å². The largest absolute Gasteiger partial charge is 0.300 e. The van der Waals surface area contributed by atoms with Crippen LogP contribution in [-0.4, -0.2) is 15.0 Å². The molecule has 0 aliphatic heterocycles. The predicted octanol–water partition coefficient (Wildman–Crippen LogP) is 4.11. The number of nitrogens with one attached hydrogen (secondary N) is 1. The number of thiazole rings is 1. The van der Waals surface area contributed by atoms with Gasteiger partial charge in [-0.1, -0.05) is 28.1 Å². The van der Waals surface area contributed by atoms with Crippen molar-refractivity contribution < 1.29 is 0 Å². The van der Waals surface area contributed by atoms with Gasteiger partial charge in [-0.15, -0.1) is 11.3 Å². The summed E-state index contributed by atoms with van der Waals surface area (Å²) in [7, 11) is 0. The first kappa shape index (κ1) is 12.3. The lowest BCUT2D eigenvalue weighted by molar-refractivity contribution is 1.16. The summed E-state index contributed by atoms with van der Waals surface area (Å²) in [5, 5.41) is 5.87. The average molecular weight is 333 g/mol. The molecule has 0 bridgehead atoms. The zero-order chi connectivity index (χ0) is 13.1. The van der Waals surface area contributed by atoms with Crippen LogP contribution in [0, 0.1) is 0 Å². The van der Waals surface area contributed by atoms with Crippen molar-refractivity contribution in [3.63, 3.8) is 0 Å². The van der Waals surface area contributed by atoms with Crippen LogP contribution in [0.25, 0.3) is 11.3 Å². The van der Waals surface area contributed by atoms with Crippen molar-refractivity contribution in [3.05, 3.63) is 52.6 Å². The summed E-state index contributed by atoms with van der Waals surface area (Å²) in [6.45, 7) is 0. The van der Waals surface area contributed by atoms with Crippen LogP contribution in [0.15, 0.2) is 52.6 Å². The molecule has 19 heavy (non-hydrogen) atoms. The smallest absolute Gasteiger partial charge is 0.228 e. The molecule has 0 aliphatic carbocycles.